The standard InChI is InChI=1S/C16H15FN2/c17-14-6-3-4-12(10-14)8-9-19-11-13-5-1-2-7-15(13)16(19)18/h1-7,10,18H,8-9,11H2. The summed E-state index contributed by atoms with van der Waals surface area (Å²) in [5.74, 6) is 0.379. The molecule has 1 heterocycles. The molecule has 0 aliphatic carbocycles. The van der Waals surface area contributed by atoms with Crippen molar-refractivity contribution in [2.24, 2.45) is 0 Å². The lowest BCUT2D eigenvalue weighted by molar-refractivity contribution is 0.432. The quantitative estimate of drug-likeness (QED) is 0.894. The zero-order valence-corrected chi connectivity index (χ0v) is 10.6. The van der Waals surface area contributed by atoms with E-state index in [0.29, 0.717) is 5.84 Å². The maximum absolute atomic E-state index is 13.1. The second-order valence-corrected chi connectivity index (χ2v) is 4.81. The third-order valence-corrected chi connectivity index (χ3v) is 3.51. The number of hydrogen-bond donors (Lipinski definition) is 1. The second-order valence-electron chi connectivity index (χ2n) is 4.81. The number of nitrogens with one attached hydrogen (secondary N) is 1. The molecule has 2 nitrogen and oxygen atoms in total. The van der Waals surface area contributed by atoms with Crippen molar-refractivity contribution in [2.75, 3.05) is 6.54 Å². The van der Waals surface area contributed by atoms with Crippen LogP contribution in [0.5, 0.6) is 0 Å². The summed E-state index contributed by atoms with van der Waals surface area (Å²) < 4.78 is 13.1. The highest BCUT2D eigenvalue weighted by Crippen LogP contribution is 2.22. The predicted octanol–water partition coefficient (Wildman–Crippen LogP) is 3.21. The summed E-state index contributed by atoms with van der Waals surface area (Å²) >= 11 is 0. The van der Waals surface area contributed by atoms with E-state index in [4.69, 9.17) is 5.41 Å². The van der Waals surface area contributed by atoms with E-state index in [1.165, 1.54) is 11.6 Å². The Kier molecular flexibility index (Phi) is 3.03. The van der Waals surface area contributed by atoms with Gasteiger partial charge in [-0.1, -0.05) is 36.4 Å². The molecule has 3 rings (SSSR count). The summed E-state index contributed by atoms with van der Waals surface area (Å²) in [6.45, 7) is 1.53. The summed E-state index contributed by atoms with van der Waals surface area (Å²) in [5, 5.41) is 8.15. The molecule has 3 heteroatoms. The maximum Gasteiger partial charge on any atom is 0.128 e. The summed E-state index contributed by atoms with van der Waals surface area (Å²) in [5.41, 5.74) is 3.19. The molecule has 2 aromatic carbocycles. The van der Waals surface area contributed by atoms with Gasteiger partial charge in [-0.05, 0) is 29.7 Å². The number of benzene rings is 2. The number of rotatable bonds is 3. The van der Waals surface area contributed by atoms with Gasteiger partial charge in [0.2, 0.25) is 0 Å². The number of nitrogens with zero attached hydrogens (tertiary/aromatic N) is 1. The number of amidine groups is 1. The fraction of sp³-hybridized carbons (Fsp3) is 0.188. The lowest BCUT2D eigenvalue weighted by Crippen LogP contribution is -2.26. The monoisotopic (exact) mass is 254 g/mol. The highest BCUT2D eigenvalue weighted by molar-refractivity contribution is 6.00. The van der Waals surface area contributed by atoms with E-state index in [-0.39, 0.29) is 5.82 Å². The average Bonchev–Trinajstić information content (AvgIpc) is 2.74. The van der Waals surface area contributed by atoms with Crippen LogP contribution in [0.1, 0.15) is 16.7 Å². The minimum absolute atomic E-state index is 0.197. The van der Waals surface area contributed by atoms with Gasteiger partial charge in [-0.3, -0.25) is 5.41 Å². The van der Waals surface area contributed by atoms with Gasteiger partial charge >= 0.3 is 0 Å². The van der Waals surface area contributed by atoms with Gasteiger partial charge in [0, 0.05) is 18.7 Å². The SMILES string of the molecule is N=C1c2ccccc2CN1CCc1cccc(F)c1. The van der Waals surface area contributed by atoms with Crippen LogP contribution in [0.3, 0.4) is 0 Å². The molecule has 1 aliphatic rings. The van der Waals surface area contributed by atoms with Crippen LogP contribution in [-0.2, 0) is 13.0 Å². The lowest BCUT2D eigenvalue weighted by Gasteiger charge is -2.17. The Labute approximate surface area is 112 Å². The molecule has 1 N–H and O–H groups in total. The van der Waals surface area contributed by atoms with Gasteiger partial charge in [-0.25, -0.2) is 4.39 Å². The molecule has 0 bridgehead atoms. The van der Waals surface area contributed by atoms with Crippen LogP contribution >= 0.6 is 0 Å². The first-order chi connectivity index (χ1) is 9.24. The van der Waals surface area contributed by atoms with Gasteiger partial charge in [0.1, 0.15) is 11.7 Å². The molecule has 2 aromatic rings. The second kappa shape index (κ2) is 4.84. The topological polar surface area (TPSA) is 27.1 Å². The molecule has 96 valence electrons. The van der Waals surface area contributed by atoms with Crippen LogP contribution in [0.2, 0.25) is 0 Å². The lowest BCUT2D eigenvalue weighted by atomic mass is 10.1. The average molecular weight is 254 g/mol. The van der Waals surface area contributed by atoms with E-state index in [0.717, 1.165) is 30.6 Å². The maximum atomic E-state index is 13.1. The van der Waals surface area contributed by atoms with Crippen LogP contribution in [0.15, 0.2) is 48.5 Å². The molecule has 0 spiro atoms. The Morgan fingerprint density at radius 2 is 1.95 bits per heavy atom. The minimum atomic E-state index is -0.197. The minimum Gasteiger partial charge on any atom is -0.352 e. The molecule has 0 amide bonds. The summed E-state index contributed by atoms with van der Waals surface area (Å²) in [7, 11) is 0. The molecule has 0 fully saturated rings. The highest BCUT2D eigenvalue weighted by Gasteiger charge is 2.22. The van der Waals surface area contributed by atoms with Crippen molar-refractivity contribution in [2.45, 2.75) is 13.0 Å². The van der Waals surface area contributed by atoms with Gasteiger partial charge in [-0.2, -0.15) is 0 Å². The molecular formula is C16H15FN2. The van der Waals surface area contributed by atoms with Crippen LogP contribution < -0.4 is 0 Å². The Hall–Kier alpha value is -2.16. The van der Waals surface area contributed by atoms with Gasteiger partial charge in [0.25, 0.3) is 0 Å². The Morgan fingerprint density at radius 3 is 2.74 bits per heavy atom. The smallest absolute Gasteiger partial charge is 0.128 e. The van der Waals surface area contributed by atoms with Crippen LogP contribution in [0, 0.1) is 11.2 Å². The molecule has 19 heavy (non-hydrogen) atoms. The third-order valence-electron chi connectivity index (χ3n) is 3.51. The van der Waals surface area contributed by atoms with E-state index < -0.39 is 0 Å². The van der Waals surface area contributed by atoms with Crippen molar-refractivity contribution in [3.63, 3.8) is 0 Å². The molecular weight excluding hydrogens is 239 g/mol. The van der Waals surface area contributed by atoms with E-state index >= 15 is 0 Å². The Balaban J connectivity index is 1.68. The van der Waals surface area contributed by atoms with Crippen molar-refractivity contribution < 1.29 is 4.39 Å². The molecule has 0 radical (unpaired) electrons. The number of halogens is 1. The molecule has 0 saturated heterocycles. The number of hydrogen-bond acceptors (Lipinski definition) is 1. The predicted molar refractivity (Wildman–Crippen MR) is 73.8 cm³/mol. The van der Waals surface area contributed by atoms with Crippen molar-refractivity contribution >= 4 is 5.84 Å². The molecule has 0 saturated carbocycles. The van der Waals surface area contributed by atoms with E-state index in [1.54, 1.807) is 12.1 Å². The third kappa shape index (κ3) is 2.36. The van der Waals surface area contributed by atoms with Crippen molar-refractivity contribution in [1.82, 2.24) is 4.90 Å². The first-order valence-electron chi connectivity index (χ1n) is 6.40. The largest absolute Gasteiger partial charge is 0.352 e. The van der Waals surface area contributed by atoms with Crippen molar-refractivity contribution in [1.29, 1.82) is 5.41 Å². The van der Waals surface area contributed by atoms with Crippen molar-refractivity contribution in [3.05, 3.63) is 71.0 Å². The zero-order chi connectivity index (χ0) is 13.2. The van der Waals surface area contributed by atoms with Crippen molar-refractivity contribution in [3.8, 4) is 0 Å². The van der Waals surface area contributed by atoms with Gasteiger partial charge < -0.3 is 4.90 Å². The normalized spacial score (nSPS) is 13.7. The number of fused-ring (bicyclic) bond motifs is 1. The highest BCUT2D eigenvalue weighted by atomic mass is 19.1. The Bertz CT molecular complexity index is 622. The van der Waals surface area contributed by atoms with E-state index in [9.17, 15) is 4.39 Å². The zero-order valence-electron chi connectivity index (χ0n) is 10.6. The fourth-order valence-corrected chi connectivity index (χ4v) is 2.49. The molecule has 0 atom stereocenters. The summed E-state index contributed by atoms with van der Waals surface area (Å²) in [6, 6.07) is 14.7. The van der Waals surface area contributed by atoms with Crippen LogP contribution in [-0.4, -0.2) is 17.3 Å². The van der Waals surface area contributed by atoms with E-state index in [1.807, 2.05) is 29.2 Å². The summed E-state index contributed by atoms with van der Waals surface area (Å²) in [4.78, 5) is 2.04. The fourth-order valence-electron chi connectivity index (χ4n) is 2.49. The van der Waals surface area contributed by atoms with Crippen LogP contribution in [0.25, 0.3) is 0 Å². The summed E-state index contributed by atoms with van der Waals surface area (Å²) in [6.07, 6.45) is 0.758. The van der Waals surface area contributed by atoms with Gasteiger partial charge in [0.15, 0.2) is 0 Å². The van der Waals surface area contributed by atoms with Gasteiger partial charge in [-0.15, -0.1) is 0 Å². The molecule has 0 aromatic heterocycles. The van der Waals surface area contributed by atoms with Gasteiger partial charge in [0.05, 0.1) is 0 Å². The molecule has 1 aliphatic heterocycles. The van der Waals surface area contributed by atoms with Crippen LogP contribution in [0.4, 0.5) is 4.39 Å². The first kappa shape index (κ1) is 11.9. The first-order valence-corrected chi connectivity index (χ1v) is 6.40. The Morgan fingerprint density at radius 1 is 1.11 bits per heavy atom. The van der Waals surface area contributed by atoms with E-state index in [2.05, 4.69) is 6.07 Å². The molecule has 0 unspecified atom stereocenters.